The summed E-state index contributed by atoms with van der Waals surface area (Å²) in [5, 5.41) is 11.6. The third kappa shape index (κ3) is 4.35. The van der Waals surface area contributed by atoms with E-state index in [0.29, 0.717) is 25.2 Å². The number of anilines is 2. The molecule has 1 amide bonds. The van der Waals surface area contributed by atoms with Gasteiger partial charge in [-0.05, 0) is 31.7 Å². The molecule has 0 atom stereocenters. The second kappa shape index (κ2) is 6.98. The molecule has 0 bridgehead atoms. The number of carbonyl (C=O) groups is 1. The molecular formula is C13H21N3O2. The minimum Gasteiger partial charge on any atom is -0.398 e. The fourth-order valence-corrected chi connectivity index (χ4v) is 1.58. The minimum atomic E-state index is -0.0477. The van der Waals surface area contributed by atoms with Gasteiger partial charge in [0.2, 0.25) is 5.91 Å². The maximum absolute atomic E-state index is 11.7. The van der Waals surface area contributed by atoms with Crippen LogP contribution in [0.1, 0.15) is 12.0 Å². The summed E-state index contributed by atoms with van der Waals surface area (Å²) in [5.74, 6) is -0.0477. The van der Waals surface area contributed by atoms with Crippen molar-refractivity contribution >= 4 is 17.3 Å². The SMILES string of the molecule is Cc1c(N)cccc1NC(=O)CCN(C)CCO. The number of nitrogens with zero attached hydrogens (tertiary/aromatic N) is 1. The number of likely N-dealkylation sites (N-methyl/N-ethyl adjacent to an activating group) is 1. The number of amides is 1. The van der Waals surface area contributed by atoms with Crippen molar-refractivity contribution in [1.29, 1.82) is 0 Å². The molecule has 0 aliphatic heterocycles. The Morgan fingerprint density at radius 1 is 1.44 bits per heavy atom. The minimum absolute atomic E-state index is 0.0477. The predicted molar refractivity (Wildman–Crippen MR) is 73.4 cm³/mol. The zero-order valence-electron chi connectivity index (χ0n) is 10.9. The van der Waals surface area contributed by atoms with Crippen LogP contribution in [-0.2, 0) is 4.79 Å². The van der Waals surface area contributed by atoms with E-state index in [1.165, 1.54) is 0 Å². The molecule has 0 aliphatic rings. The van der Waals surface area contributed by atoms with Gasteiger partial charge < -0.3 is 21.1 Å². The van der Waals surface area contributed by atoms with Crippen LogP contribution >= 0.6 is 0 Å². The number of aliphatic hydroxyl groups is 1. The molecule has 0 saturated carbocycles. The maximum atomic E-state index is 11.7. The van der Waals surface area contributed by atoms with Gasteiger partial charge in [0.25, 0.3) is 0 Å². The molecule has 5 nitrogen and oxygen atoms in total. The lowest BCUT2D eigenvalue weighted by atomic mass is 10.1. The zero-order valence-corrected chi connectivity index (χ0v) is 10.9. The lowest BCUT2D eigenvalue weighted by molar-refractivity contribution is -0.116. The highest BCUT2D eigenvalue weighted by molar-refractivity contribution is 5.92. The van der Waals surface area contributed by atoms with Crippen LogP contribution in [0, 0.1) is 6.92 Å². The fourth-order valence-electron chi connectivity index (χ4n) is 1.58. The first-order chi connectivity index (χ1) is 8.54. The van der Waals surface area contributed by atoms with Crippen molar-refractivity contribution in [3.63, 3.8) is 0 Å². The van der Waals surface area contributed by atoms with Crippen LogP contribution in [0.3, 0.4) is 0 Å². The summed E-state index contributed by atoms with van der Waals surface area (Å²) in [6, 6.07) is 5.46. The van der Waals surface area contributed by atoms with Gasteiger partial charge >= 0.3 is 0 Å². The lowest BCUT2D eigenvalue weighted by Gasteiger charge is -2.15. The van der Waals surface area contributed by atoms with Crippen LogP contribution in [-0.4, -0.2) is 42.7 Å². The summed E-state index contributed by atoms with van der Waals surface area (Å²) in [5.41, 5.74) is 8.08. The maximum Gasteiger partial charge on any atom is 0.225 e. The van der Waals surface area contributed by atoms with Crippen molar-refractivity contribution in [2.24, 2.45) is 0 Å². The highest BCUT2D eigenvalue weighted by Gasteiger charge is 2.07. The molecule has 0 unspecified atom stereocenters. The van der Waals surface area contributed by atoms with E-state index < -0.39 is 0 Å². The van der Waals surface area contributed by atoms with E-state index in [0.717, 1.165) is 11.3 Å². The Kier molecular flexibility index (Phi) is 5.61. The Bertz CT molecular complexity index is 407. The van der Waals surface area contributed by atoms with Gasteiger partial charge in [-0.15, -0.1) is 0 Å². The van der Waals surface area contributed by atoms with Gasteiger partial charge in [-0.25, -0.2) is 0 Å². The monoisotopic (exact) mass is 251 g/mol. The average Bonchev–Trinajstić information content (AvgIpc) is 2.33. The number of benzene rings is 1. The zero-order chi connectivity index (χ0) is 13.5. The molecule has 1 rings (SSSR count). The van der Waals surface area contributed by atoms with Crippen LogP contribution in [0.25, 0.3) is 0 Å². The van der Waals surface area contributed by atoms with E-state index in [-0.39, 0.29) is 12.5 Å². The van der Waals surface area contributed by atoms with Crippen molar-refractivity contribution in [1.82, 2.24) is 4.90 Å². The first-order valence-electron chi connectivity index (χ1n) is 5.99. The van der Waals surface area contributed by atoms with Gasteiger partial charge in [0, 0.05) is 30.9 Å². The number of nitrogens with two attached hydrogens (primary N) is 1. The molecule has 0 aliphatic carbocycles. The molecule has 0 aromatic heterocycles. The first kappa shape index (κ1) is 14.5. The summed E-state index contributed by atoms with van der Waals surface area (Å²) < 4.78 is 0. The van der Waals surface area contributed by atoms with Crippen molar-refractivity contribution in [2.45, 2.75) is 13.3 Å². The fraction of sp³-hybridized carbons (Fsp3) is 0.462. The van der Waals surface area contributed by atoms with Crippen molar-refractivity contribution in [3.8, 4) is 0 Å². The second-order valence-corrected chi connectivity index (χ2v) is 4.34. The third-order valence-electron chi connectivity index (χ3n) is 2.85. The van der Waals surface area contributed by atoms with E-state index in [2.05, 4.69) is 5.32 Å². The van der Waals surface area contributed by atoms with Crippen molar-refractivity contribution in [2.75, 3.05) is 37.8 Å². The lowest BCUT2D eigenvalue weighted by Crippen LogP contribution is -2.26. The van der Waals surface area contributed by atoms with E-state index >= 15 is 0 Å². The molecule has 0 radical (unpaired) electrons. The normalized spacial score (nSPS) is 10.7. The van der Waals surface area contributed by atoms with Crippen LogP contribution < -0.4 is 11.1 Å². The molecule has 0 saturated heterocycles. The van der Waals surface area contributed by atoms with E-state index in [1.54, 1.807) is 6.07 Å². The number of hydrogen-bond donors (Lipinski definition) is 3. The number of carbonyl (C=O) groups excluding carboxylic acids is 1. The number of nitrogen functional groups attached to an aromatic ring is 1. The summed E-state index contributed by atoms with van der Waals surface area (Å²) >= 11 is 0. The number of hydrogen-bond acceptors (Lipinski definition) is 4. The molecular weight excluding hydrogens is 230 g/mol. The highest BCUT2D eigenvalue weighted by atomic mass is 16.3. The Morgan fingerprint density at radius 2 is 2.17 bits per heavy atom. The van der Waals surface area contributed by atoms with Gasteiger partial charge in [-0.2, -0.15) is 0 Å². The summed E-state index contributed by atoms with van der Waals surface area (Å²) in [7, 11) is 1.87. The van der Waals surface area contributed by atoms with Crippen LogP contribution in [0.5, 0.6) is 0 Å². The van der Waals surface area contributed by atoms with Crippen molar-refractivity contribution in [3.05, 3.63) is 23.8 Å². The molecule has 1 aromatic carbocycles. The Labute approximate surface area is 108 Å². The first-order valence-corrected chi connectivity index (χ1v) is 5.99. The summed E-state index contributed by atoms with van der Waals surface area (Å²) in [6.45, 7) is 3.17. The molecule has 5 heteroatoms. The molecule has 0 spiro atoms. The van der Waals surface area contributed by atoms with E-state index in [4.69, 9.17) is 10.8 Å². The van der Waals surface area contributed by atoms with Gasteiger partial charge in [0.15, 0.2) is 0 Å². The molecule has 0 heterocycles. The van der Waals surface area contributed by atoms with Gasteiger partial charge in [0.05, 0.1) is 6.61 Å². The molecule has 1 aromatic rings. The third-order valence-corrected chi connectivity index (χ3v) is 2.85. The van der Waals surface area contributed by atoms with Gasteiger partial charge in [-0.1, -0.05) is 6.07 Å². The number of rotatable bonds is 6. The standard InChI is InChI=1S/C13H21N3O2/c1-10-11(14)4-3-5-12(10)15-13(18)6-7-16(2)8-9-17/h3-5,17H,6-9,14H2,1-2H3,(H,15,18). The van der Waals surface area contributed by atoms with Crippen LogP contribution in [0.15, 0.2) is 18.2 Å². The molecule has 18 heavy (non-hydrogen) atoms. The quantitative estimate of drug-likeness (QED) is 0.654. The van der Waals surface area contributed by atoms with E-state index in [1.807, 2.05) is 31.0 Å². The molecule has 4 N–H and O–H groups in total. The van der Waals surface area contributed by atoms with E-state index in [9.17, 15) is 4.79 Å². The summed E-state index contributed by atoms with van der Waals surface area (Å²) in [6.07, 6.45) is 0.394. The number of nitrogens with one attached hydrogen (secondary N) is 1. The summed E-state index contributed by atoms with van der Waals surface area (Å²) in [4.78, 5) is 13.7. The topological polar surface area (TPSA) is 78.6 Å². The van der Waals surface area contributed by atoms with Crippen LogP contribution in [0.2, 0.25) is 0 Å². The van der Waals surface area contributed by atoms with Gasteiger partial charge in [-0.3, -0.25) is 4.79 Å². The molecule has 100 valence electrons. The largest absolute Gasteiger partial charge is 0.398 e. The Morgan fingerprint density at radius 3 is 2.83 bits per heavy atom. The second-order valence-electron chi connectivity index (χ2n) is 4.34. The highest BCUT2D eigenvalue weighted by Crippen LogP contribution is 2.20. The smallest absolute Gasteiger partial charge is 0.225 e. The number of aliphatic hydroxyl groups excluding tert-OH is 1. The van der Waals surface area contributed by atoms with Crippen molar-refractivity contribution < 1.29 is 9.90 Å². The Balaban J connectivity index is 2.47. The average molecular weight is 251 g/mol. The Hall–Kier alpha value is -1.59. The van der Waals surface area contributed by atoms with Crippen LogP contribution in [0.4, 0.5) is 11.4 Å². The van der Waals surface area contributed by atoms with Gasteiger partial charge in [0.1, 0.15) is 0 Å². The predicted octanol–water partition coefficient (Wildman–Crippen LogP) is 0.830. The molecule has 0 fully saturated rings.